The Morgan fingerprint density at radius 1 is 1.00 bits per heavy atom. The van der Waals surface area contributed by atoms with Crippen molar-refractivity contribution in [2.24, 2.45) is 5.73 Å². The quantitative estimate of drug-likeness (QED) is 0.777. The van der Waals surface area contributed by atoms with Crippen LogP contribution in [-0.4, -0.2) is 9.97 Å². The van der Waals surface area contributed by atoms with E-state index in [2.05, 4.69) is 9.97 Å². The van der Waals surface area contributed by atoms with E-state index >= 15 is 0 Å². The van der Waals surface area contributed by atoms with Crippen LogP contribution in [0.3, 0.4) is 0 Å². The molecule has 0 unspecified atom stereocenters. The fourth-order valence-electron chi connectivity index (χ4n) is 1.90. The van der Waals surface area contributed by atoms with Crippen molar-refractivity contribution < 1.29 is 4.74 Å². The van der Waals surface area contributed by atoms with Crippen molar-refractivity contribution in [1.29, 1.82) is 0 Å². The van der Waals surface area contributed by atoms with Crippen molar-refractivity contribution in [3.8, 4) is 11.6 Å². The van der Waals surface area contributed by atoms with Gasteiger partial charge in [0.05, 0.1) is 11.2 Å². The number of nitrogens with two attached hydrogens (primary N) is 1. The molecule has 0 saturated heterocycles. The molecule has 3 aromatic rings. The first-order valence-corrected chi connectivity index (χ1v) is 6.04. The van der Waals surface area contributed by atoms with Crippen LogP contribution >= 0.6 is 0 Å². The Morgan fingerprint density at radius 3 is 2.79 bits per heavy atom. The number of hydrogen-bond acceptors (Lipinski definition) is 4. The number of hydrogen-bond donors (Lipinski definition) is 1. The molecular formula is C15H13N3O. The maximum atomic E-state index is 5.83. The fourth-order valence-corrected chi connectivity index (χ4v) is 1.90. The molecule has 3 rings (SSSR count). The minimum atomic E-state index is 0.397. The predicted molar refractivity (Wildman–Crippen MR) is 73.9 cm³/mol. The summed E-state index contributed by atoms with van der Waals surface area (Å²) in [4.78, 5) is 8.62. The van der Waals surface area contributed by atoms with E-state index in [1.807, 2.05) is 48.5 Å². The minimum absolute atomic E-state index is 0.397. The molecular weight excluding hydrogens is 238 g/mol. The molecule has 0 fully saturated rings. The molecule has 0 saturated carbocycles. The molecule has 0 spiro atoms. The van der Waals surface area contributed by atoms with Crippen molar-refractivity contribution in [3.05, 3.63) is 60.4 Å². The lowest BCUT2D eigenvalue weighted by atomic mass is 10.2. The van der Waals surface area contributed by atoms with E-state index < -0.39 is 0 Å². The third-order valence-corrected chi connectivity index (χ3v) is 2.81. The zero-order valence-electron chi connectivity index (χ0n) is 10.3. The first-order valence-electron chi connectivity index (χ1n) is 6.04. The van der Waals surface area contributed by atoms with E-state index in [9.17, 15) is 0 Å². The third-order valence-electron chi connectivity index (χ3n) is 2.81. The SMILES string of the molecule is NCc1cccc(Oc2cccc3ncccc23)n1. The van der Waals surface area contributed by atoms with E-state index in [0.29, 0.717) is 12.4 Å². The van der Waals surface area contributed by atoms with Gasteiger partial charge in [-0.1, -0.05) is 12.1 Å². The largest absolute Gasteiger partial charge is 0.438 e. The summed E-state index contributed by atoms with van der Waals surface area (Å²) in [7, 11) is 0. The van der Waals surface area contributed by atoms with E-state index in [1.54, 1.807) is 6.20 Å². The van der Waals surface area contributed by atoms with Gasteiger partial charge in [-0.05, 0) is 30.3 Å². The maximum Gasteiger partial charge on any atom is 0.219 e. The highest BCUT2D eigenvalue weighted by molar-refractivity contribution is 5.85. The Kier molecular flexibility index (Phi) is 3.08. The molecule has 0 atom stereocenters. The van der Waals surface area contributed by atoms with Crippen LogP contribution in [0.15, 0.2) is 54.7 Å². The van der Waals surface area contributed by atoms with Crippen LogP contribution in [0.5, 0.6) is 11.6 Å². The van der Waals surface area contributed by atoms with Crippen molar-refractivity contribution in [3.63, 3.8) is 0 Å². The van der Waals surface area contributed by atoms with Crippen LogP contribution < -0.4 is 10.5 Å². The summed E-state index contributed by atoms with van der Waals surface area (Å²) < 4.78 is 5.83. The molecule has 4 nitrogen and oxygen atoms in total. The highest BCUT2D eigenvalue weighted by Gasteiger charge is 2.04. The lowest BCUT2D eigenvalue weighted by Gasteiger charge is -2.08. The Morgan fingerprint density at radius 2 is 1.89 bits per heavy atom. The molecule has 2 aromatic heterocycles. The van der Waals surface area contributed by atoms with Gasteiger partial charge in [0, 0.05) is 24.2 Å². The molecule has 2 N–H and O–H groups in total. The van der Waals surface area contributed by atoms with E-state index in [-0.39, 0.29) is 0 Å². The molecule has 0 radical (unpaired) electrons. The summed E-state index contributed by atoms with van der Waals surface area (Å²) in [5.74, 6) is 1.28. The molecule has 0 aliphatic heterocycles. The van der Waals surface area contributed by atoms with Crippen molar-refractivity contribution in [1.82, 2.24) is 9.97 Å². The number of benzene rings is 1. The van der Waals surface area contributed by atoms with Crippen molar-refractivity contribution in [2.45, 2.75) is 6.54 Å². The molecule has 0 aliphatic rings. The Hall–Kier alpha value is -2.46. The second-order valence-electron chi connectivity index (χ2n) is 4.10. The molecule has 0 aliphatic carbocycles. The van der Waals surface area contributed by atoms with Gasteiger partial charge in [0.1, 0.15) is 5.75 Å². The highest BCUT2D eigenvalue weighted by atomic mass is 16.5. The monoisotopic (exact) mass is 251 g/mol. The van der Waals surface area contributed by atoms with Gasteiger partial charge in [0.15, 0.2) is 0 Å². The molecule has 1 aromatic carbocycles. The van der Waals surface area contributed by atoms with Gasteiger partial charge in [-0.3, -0.25) is 4.98 Å². The zero-order chi connectivity index (χ0) is 13.1. The van der Waals surface area contributed by atoms with Crippen molar-refractivity contribution in [2.75, 3.05) is 0 Å². The van der Waals surface area contributed by atoms with Gasteiger partial charge < -0.3 is 10.5 Å². The number of rotatable bonds is 3. The lowest BCUT2D eigenvalue weighted by molar-refractivity contribution is 0.466. The highest BCUT2D eigenvalue weighted by Crippen LogP contribution is 2.27. The number of aromatic nitrogens is 2. The van der Waals surface area contributed by atoms with Crippen LogP contribution in [0.25, 0.3) is 10.9 Å². The summed E-state index contributed by atoms with van der Waals surface area (Å²) in [6.07, 6.45) is 1.76. The molecule has 0 amide bonds. The first-order chi connectivity index (χ1) is 9.36. The van der Waals surface area contributed by atoms with Crippen LogP contribution in [0.2, 0.25) is 0 Å². The Balaban J connectivity index is 2.01. The first kappa shape index (κ1) is 11.6. The van der Waals surface area contributed by atoms with Gasteiger partial charge in [-0.2, -0.15) is 0 Å². The van der Waals surface area contributed by atoms with Gasteiger partial charge in [-0.25, -0.2) is 4.98 Å². The molecule has 94 valence electrons. The van der Waals surface area contributed by atoms with Gasteiger partial charge in [-0.15, -0.1) is 0 Å². The lowest BCUT2D eigenvalue weighted by Crippen LogP contribution is -2.00. The van der Waals surface area contributed by atoms with E-state index in [4.69, 9.17) is 10.5 Å². The third kappa shape index (κ3) is 2.39. The second kappa shape index (κ2) is 5.04. The molecule has 2 heterocycles. The Bertz CT molecular complexity index is 707. The smallest absolute Gasteiger partial charge is 0.219 e. The van der Waals surface area contributed by atoms with E-state index in [1.165, 1.54) is 0 Å². The number of ether oxygens (including phenoxy) is 1. The molecule has 19 heavy (non-hydrogen) atoms. The normalized spacial score (nSPS) is 10.6. The second-order valence-corrected chi connectivity index (χ2v) is 4.10. The maximum absolute atomic E-state index is 5.83. The topological polar surface area (TPSA) is 61.0 Å². The Labute approximate surface area is 110 Å². The van der Waals surface area contributed by atoms with E-state index in [0.717, 1.165) is 22.3 Å². The standard InChI is InChI=1S/C15H13N3O/c16-10-11-4-1-8-15(18-11)19-14-7-2-6-13-12(14)5-3-9-17-13/h1-9H,10,16H2. The summed E-state index contributed by atoms with van der Waals surface area (Å²) in [6, 6.07) is 15.2. The van der Waals surface area contributed by atoms with Crippen LogP contribution in [0.4, 0.5) is 0 Å². The summed E-state index contributed by atoms with van der Waals surface area (Å²) in [6.45, 7) is 0.397. The fraction of sp³-hybridized carbons (Fsp3) is 0.0667. The predicted octanol–water partition coefficient (Wildman–Crippen LogP) is 2.88. The summed E-state index contributed by atoms with van der Waals surface area (Å²) in [5, 5.41) is 0.963. The number of fused-ring (bicyclic) bond motifs is 1. The summed E-state index contributed by atoms with van der Waals surface area (Å²) >= 11 is 0. The van der Waals surface area contributed by atoms with Gasteiger partial charge >= 0.3 is 0 Å². The van der Waals surface area contributed by atoms with Crippen LogP contribution in [0.1, 0.15) is 5.69 Å². The van der Waals surface area contributed by atoms with Gasteiger partial charge in [0.2, 0.25) is 5.88 Å². The molecule has 4 heteroatoms. The zero-order valence-corrected chi connectivity index (χ0v) is 10.3. The van der Waals surface area contributed by atoms with Gasteiger partial charge in [0.25, 0.3) is 0 Å². The summed E-state index contributed by atoms with van der Waals surface area (Å²) in [5.41, 5.74) is 7.27. The number of pyridine rings is 2. The number of nitrogens with zero attached hydrogens (tertiary/aromatic N) is 2. The van der Waals surface area contributed by atoms with Crippen LogP contribution in [0, 0.1) is 0 Å². The van der Waals surface area contributed by atoms with Crippen LogP contribution in [-0.2, 0) is 6.54 Å². The van der Waals surface area contributed by atoms with Crippen molar-refractivity contribution >= 4 is 10.9 Å². The average Bonchev–Trinajstić information content (AvgIpc) is 2.48. The molecule has 0 bridgehead atoms. The minimum Gasteiger partial charge on any atom is -0.438 e. The average molecular weight is 251 g/mol.